The molecule has 194 valence electrons. The third-order valence-electron chi connectivity index (χ3n) is 6.90. The second-order valence-corrected chi connectivity index (χ2v) is 9.95. The Labute approximate surface area is 224 Å². The Balaban J connectivity index is 1.32. The number of halogens is 3. The fourth-order valence-electron chi connectivity index (χ4n) is 4.61. The molecule has 5 rings (SSSR count). The zero-order chi connectivity index (χ0) is 26.2. The molecule has 1 saturated heterocycles. The van der Waals surface area contributed by atoms with E-state index < -0.39 is 11.7 Å². The highest BCUT2D eigenvalue weighted by atomic mass is 35.5. The fourth-order valence-corrected chi connectivity index (χ4v) is 5.06. The first-order valence-electron chi connectivity index (χ1n) is 12.1. The molecule has 3 heterocycles. The highest BCUT2D eigenvalue weighted by Crippen LogP contribution is 2.38. The summed E-state index contributed by atoms with van der Waals surface area (Å²) >= 11 is 12.1. The average Bonchev–Trinajstić information content (AvgIpc) is 2.91. The van der Waals surface area contributed by atoms with Crippen molar-refractivity contribution in [2.45, 2.75) is 38.8 Å². The van der Waals surface area contributed by atoms with Crippen LogP contribution in [0, 0.1) is 11.4 Å². The van der Waals surface area contributed by atoms with E-state index >= 15 is 0 Å². The molecule has 0 atom stereocenters. The highest BCUT2D eigenvalue weighted by molar-refractivity contribution is 6.35. The first-order valence-corrected chi connectivity index (χ1v) is 12.8. The molecule has 3 N–H and O–H groups in total. The van der Waals surface area contributed by atoms with Crippen LogP contribution in [0.15, 0.2) is 42.6 Å². The van der Waals surface area contributed by atoms with E-state index in [0.29, 0.717) is 29.2 Å². The van der Waals surface area contributed by atoms with Gasteiger partial charge in [0.05, 0.1) is 17.3 Å². The monoisotopic (exact) mass is 544 g/mol. The minimum absolute atomic E-state index is 0.0704. The predicted octanol–water partition coefficient (Wildman–Crippen LogP) is 5.83. The average molecular weight is 545 g/mol. The minimum atomic E-state index is -0.817. The molecule has 1 spiro atoms. The number of aromatic nitrogens is 1. The number of fused-ring (bicyclic) bond motifs is 1. The lowest BCUT2D eigenvalue weighted by molar-refractivity contribution is -0.227. The summed E-state index contributed by atoms with van der Waals surface area (Å²) in [6.45, 7) is 5.43. The first kappa shape index (κ1) is 25.7. The van der Waals surface area contributed by atoms with E-state index in [9.17, 15) is 4.39 Å². The summed E-state index contributed by atoms with van der Waals surface area (Å²) in [5.74, 6) is -0.172. The third kappa shape index (κ3) is 5.25. The zero-order valence-electron chi connectivity index (χ0n) is 20.3. The maximum absolute atomic E-state index is 13.7. The first-order chi connectivity index (χ1) is 17.8. The van der Waals surface area contributed by atoms with Crippen molar-refractivity contribution in [1.82, 2.24) is 9.88 Å². The maximum atomic E-state index is 13.7. The van der Waals surface area contributed by atoms with Crippen LogP contribution in [-0.2, 0) is 18.0 Å². The molecule has 7 nitrogen and oxygen atoms in total. The molecule has 0 saturated carbocycles. The number of nitrogens with zero attached hydrogens (tertiary/aromatic N) is 2. The van der Waals surface area contributed by atoms with Gasteiger partial charge in [0.2, 0.25) is 11.7 Å². The molecule has 37 heavy (non-hydrogen) atoms. The highest BCUT2D eigenvalue weighted by Gasteiger charge is 2.40. The number of benzene rings is 2. The third-order valence-corrected chi connectivity index (χ3v) is 7.61. The topological polar surface area (TPSA) is 93.7 Å². The summed E-state index contributed by atoms with van der Waals surface area (Å²) in [6, 6.07) is 10.6. The van der Waals surface area contributed by atoms with Crippen molar-refractivity contribution >= 4 is 34.6 Å². The van der Waals surface area contributed by atoms with E-state index in [1.54, 1.807) is 18.2 Å². The van der Waals surface area contributed by atoms with Gasteiger partial charge in [0.15, 0.2) is 0 Å². The molecule has 1 fully saturated rings. The Morgan fingerprint density at radius 1 is 1.22 bits per heavy atom. The molecule has 2 aliphatic rings. The van der Waals surface area contributed by atoms with Crippen LogP contribution in [0.1, 0.15) is 42.0 Å². The van der Waals surface area contributed by atoms with Gasteiger partial charge in [-0.05, 0) is 42.9 Å². The largest absolute Gasteiger partial charge is 0.489 e. The number of hydrogen-bond donors (Lipinski definition) is 2. The van der Waals surface area contributed by atoms with E-state index in [1.165, 1.54) is 6.20 Å². The number of rotatable bonds is 6. The number of nitrogens with two attached hydrogens (primary N) is 1. The molecule has 10 heteroatoms. The van der Waals surface area contributed by atoms with Gasteiger partial charge in [-0.1, -0.05) is 30.1 Å². The lowest BCUT2D eigenvalue weighted by Gasteiger charge is -2.43. The predicted molar refractivity (Wildman–Crippen MR) is 141 cm³/mol. The van der Waals surface area contributed by atoms with Gasteiger partial charge in [-0.25, -0.2) is 4.98 Å². The van der Waals surface area contributed by atoms with Gasteiger partial charge in [0, 0.05) is 60.1 Å². The molecule has 0 amide bonds. The van der Waals surface area contributed by atoms with Gasteiger partial charge < -0.3 is 24.8 Å². The van der Waals surface area contributed by atoms with Crippen LogP contribution in [0.5, 0.6) is 11.5 Å². The fraction of sp³-hybridized carbons (Fsp3) is 0.333. The lowest BCUT2D eigenvalue weighted by atomic mass is 9.97. The van der Waals surface area contributed by atoms with E-state index in [4.69, 9.17) is 48.6 Å². The number of hydrogen-bond acceptors (Lipinski definition) is 7. The molecule has 2 aliphatic heterocycles. The normalized spacial score (nSPS) is 16.8. The SMILES string of the molecule is CCN1CCC2(CC1)OCc1cc(C(=N)c3cc(OCc4c(Cl)cnc(F)c4Cl)ccc3N)ccc1O2. The standard InChI is InChI=1S/C27H27Cl2FN4O3/c1-2-34-9-7-27(8-10-34)36-14-17-11-16(3-6-23(17)37-27)25(32)19-12-18(4-5-22(19)31)35-15-20-21(28)13-33-26(30)24(20)29/h3-6,11-13,32H,2,7-10,14-15,31H2,1H3. The molecule has 1 aromatic heterocycles. The Morgan fingerprint density at radius 3 is 2.76 bits per heavy atom. The van der Waals surface area contributed by atoms with Crippen LogP contribution in [0.25, 0.3) is 0 Å². The smallest absolute Gasteiger partial charge is 0.232 e. The van der Waals surface area contributed by atoms with Gasteiger partial charge in [-0.2, -0.15) is 4.39 Å². The molecule has 0 unspecified atom stereocenters. The second-order valence-electron chi connectivity index (χ2n) is 9.16. The molecule has 2 aromatic carbocycles. The van der Waals surface area contributed by atoms with Crippen molar-refractivity contribution in [1.29, 1.82) is 5.41 Å². The number of nitrogen functional groups attached to an aromatic ring is 1. The molecule has 0 radical (unpaired) electrons. The van der Waals surface area contributed by atoms with Crippen molar-refractivity contribution in [3.8, 4) is 11.5 Å². The van der Waals surface area contributed by atoms with Gasteiger partial charge in [0.1, 0.15) is 23.1 Å². The van der Waals surface area contributed by atoms with E-state index in [-0.39, 0.29) is 27.9 Å². The Bertz CT molecular complexity index is 1350. The summed E-state index contributed by atoms with van der Waals surface area (Å²) in [6.07, 6.45) is 2.83. The Morgan fingerprint density at radius 2 is 2.00 bits per heavy atom. The summed E-state index contributed by atoms with van der Waals surface area (Å²) < 4.78 is 32.0. The van der Waals surface area contributed by atoms with Crippen molar-refractivity contribution in [3.05, 3.63) is 80.8 Å². The van der Waals surface area contributed by atoms with Crippen LogP contribution < -0.4 is 15.2 Å². The maximum Gasteiger partial charge on any atom is 0.232 e. The van der Waals surface area contributed by atoms with Crippen LogP contribution in [0.2, 0.25) is 10.0 Å². The van der Waals surface area contributed by atoms with E-state index in [2.05, 4.69) is 16.8 Å². The van der Waals surface area contributed by atoms with E-state index in [0.717, 1.165) is 43.8 Å². The minimum Gasteiger partial charge on any atom is -0.489 e. The number of pyridine rings is 1. The summed E-state index contributed by atoms with van der Waals surface area (Å²) in [5.41, 5.74) is 9.21. The number of anilines is 1. The Kier molecular flexibility index (Phi) is 7.27. The summed E-state index contributed by atoms with van der Waals surface area (Å²) in [5, 5.41) is 8.84. The van der Waals surface area contributed by atoms with Gasteiger partial charge in [0.25, 0.3) is 0 Å². The van der Waals surface area contributed by atoms with Crippen LogP contribution in [0.4, 0.5) is 10.1 Å². The lowest BCUT2D eigenvalue weighted by Crippen LogP contribution is -2.51. The number of ether oxygens (including phenoxy) is 3. The van der Waals surface area contributed by atoms with Crippen LogP contribution in [0.3, 0.4) is 0 Å². The number of nitrogens with one attached hydrogen (secondary N) is 1. The number of likely N-dealkylation sites (tertiary alicyclic amines) is 1. The molecule has 0 aliphatic carbocycles. The van der Waals surface area contributed by atoms with Gasteiger partial charge in [-0.3, -0.25) is 5.41 Å². The molecule has 0 bridgehead atoms. The van der Waals surface area contributed by atoms with Crippen molar-refractivity contribution < 1.29 is 18.6 Å². The number of piperidine rings is 1. The quantitative estimate of drug-likeness (QED) is 0.230. The second kappa shape index (κ2) is 10.5. The molecular formula is C27H27Cl2FN4O3. The van der Waals surface area contributed by atoms with Crippen molar-refractivity contribution in [3.63, 3.8) is 0 Å². The van der Waals surface area contributed by atoms with Gasteiger partial charge >= 0.3 is 0 Å². The van der Waals surface area contributed by atoms with Crippen molar-refractivity contribution in [2.75, 3.05) is 25.4 Å². The molecule has 3 aromatic rings. The van der Waals surface area contributed by atoms with Gasteiger partial charge in [-0.15, -0.1) is 0 Å². The van der Waals surface area contributed by atoms with Crippen LogP contribution >= 0.6 is 23.2 Å². The molecular weight excluding hydrogens is 518 g/mol. The van der Waals surface area contributed by atoms with Crippen LogP contribution in [-0.4, -0.2) is 41.0 Å². The van der Waals surface area contributed by atoms with Crippen molar-refractivity contribution in [2.24, 2.45) is 0 Å². The van der Waals surface area contributed by atoms with E-state index in [1.807, 2.05) is 18.2 Å². The summed E-state index contributed by atoms with van der Waals surface area (Å²) in [7, 11) is 0. The Hall–Kier alpha value is -2.91. The summed E-state index contributed by atoms with van der Waals surface area (Å²) in [4.78, 5) is 5.88. The zero-order valence-corrected chi connectivity index (χ0v) is 21.8.